The zero-order valence-electron chi connectivity index (χ0n) is 20.8. The minimum atomic E-state index is -0.563. The van der Waals surface area contributed by atoms with Crippen molar-refractivity contribution in [3.8, 4) is 21.9 Å². The van der Waals surface area contributed by atoms with Crippen molar-refractivity contribution in [2.45, 2.75) is 13.5 Å². The zero-order chi connectivity index (χ0) is 27.1. The molecule has 0 aliphatic carbocycles. The SMILES string of the molecule is CCOC(=O)COc1c(C(=O)OC)sc(-c2cccc(N(Cc3ccccc3)c3ccc(O)cc3)c2)c1Br. The molecule has 38 heavy (non-hydrogen) atoms. The van der Waals surface area contributed by atoms with Gasteiger partial charge in [-0.1, -0.05) is 42.5 Å². The Morgan fingerprint density at radius 2 is 1.71 bits per heavy atom. The van der Waals surface area contributed by atoms with Gasteiger partial charge < -0.3 is 24.2 Å². The van der Waals surface area contributed by atoms with Crippen LogP contribution in [0.1, 0.15) is 22.2 Å². The number of aromatic hydroxyl groups is 1. The van der Waals surface area contributed by atoms with Crippen molar-refractivity contribution in [3.63, 3.8) is 0 Å². The number of rotatable bonds is 10. The standard InChI is InChI=1S/C29H26BrNO6S/c1-3-36-24(33)18-37-26-25(30)27(38-28(26)29(34)35-2)20-10-7-11-22(16-20)31(17-19-8-5-4-6-9-19)21-12-14-23(32)15-13-21/h4-16,32H,3,17-18H2,1-2H3. The Morgan fingerprint density at radius 3 is 2.39 bits per heavy atom. The molecule has 0 aliphatic rings. The van der Waals surface area contributed by atoms with Gasteiger partial charge in [0.1, 0.15) is 5.75 Å². The first-order valence-electron chi connectivity index (χ1n) is 11.8. The van der Waals surface area contributed by atoms with Crippen LogP contribution in [0.15, 0.2) is 83.3 Å². The van der Waals surface area contributed by atoms with E-state index in [1.54, 1.807) is 19.1 Å². The molecule has 4 aromatic rings. The summed E-state index contributed by atoms with van der Waals surface area (Å²) in [5.74, 6) is -0.674. The minimum Gasteiger partial charge on any atom is -0.508 e. The van der Waals surface area contributed by atoms with Crippen molar-refractivity contribution in [2.75, 3.05) is 25.2 Å². The fourth-order valence-electron chi connectivity index (χ4n) is 3.82. The summed E-state index contributed by atoms with van der Waals surface area (Å²) in [5.41, 5.74) is 3.77. The third kappa shape index (κ3) is 6.35. The van der Waals surface area contributed by atoms with Gasteiger partial charge in [0.15, 0.2) is 17.2 Å². The maximum atomic E-state index is 12.5. The van der Waals surface area contributed by atoms with Crippen LogP contribution in [0.4, 0.5) is 11.4 Å². The van der Waals surface area contributed by atoms with Crippen LogP contribution in [0.5, 0.6) is 11.5 Å². The number of benzene rings is 3. The van der Waals surface area contributed by atoms with Crippen LogP contribution in [0.25, 0.3) is 10.4 Å². The smallest absolute Gasteiger partial charge is 0.351 e. The Morgan fingerprint density at radius 1 is 0.974 bits per heavy atom. The third-order valence-corrected chi connectivity index (χ3v) is 7.80. The molecule has 0 unspecified atom stereocenters. The van der Waals surface area contributed by atoms with Gasteiger partial charge in [-0.3, -0.25) is 0 Å². The number of methoxy groups -OCH3 is 1. The average molecular weight is 596 g/mol. The van der Waals surface area contributed by atoms with E-state index in [1.807, 2.05) is 54.6 Å². The van der Waals surface area contributed by atoms with Crippen molar-refractivity contribution in [1.82, 2.24) is 0 Å². The van der Waals surface area contributed by atoms with E-state index in [0.717, 1.165) is 27.4 Å². The van der Waals surface area contributed by atoms with E-state index in [9.17, 15) is 14.7 Å². The van der Waals surface area contributed by atoms with Crippen LogP contribution < -0.4 is 9.64 Å². The Bertz CT molecular complexity index is 1400. The van der Waals surface area contributed by atoms with E-state index in [-0.39, 0.29) is 29.6 Å². The first-order valence-corrected chi connectivity index (χ1v) is 13.4. The average Bonchev–Trinajstić information content (AvgIpc) is 3.27. The van der Waals surface area contributed by atoms with E-state index in [4.69, 9.17) is 14.2 Å². The third-order valence-electron chi connectivity index (χ3n) is 5.58. The molecule has 1 aromatic heterocycles. The molecule has 0 saturated carbocycles. The molecule has 0 atom stereocenters. The first kappa shape index (κ1) is 27.2. The van der Waals surface area contributed by atoms with Gasteiger partial charge in [0.05, 0.1) is 23.1 Å². The van der Waals surface area contributed by atoms with Gasteiger partial charge in [-0.25, -0.2) is 9.59 Å². The Labute approximate surface area is 233 Å². The number of phenols is 1. The van der Waals surface area contributed by atoms with Gasteiger partial charge in [-0.15, -0.1) is 11.3 Å². The van der Waals surface area contributed by atoms with Crippen LogP contribution in [-0.2, 0) is 20.8 Å². The highest BCUT2D eigenvalue weighted by molar-refractivity contribution is 9.10. The second-order valence-electron chi connectivity index (χ2n) is 8.13. The Hall–Kier alpha value is -3.82. The van der Waals surface area contributed by atoms with E-state index in [2.05, 4.69) is 33.0 Å². The van der Waals surface area contributed by atoms with Crippen molar-refractivity contribution >= 4 is 50.6 Å². The quantitative estimate of drug-likeness (QED) is 0.198. The van der Waals surface area contributed by atoms with Gasteiger partial charge in [-0.2, -0.15) is 0 Å². The van der Waals surface area contributed by atoms with Crippen LogP contribution in [0, 0.1) is 0 Å². The lowest BCUT2D eigenvalue weighted by Crippen LogP contribution is -2.16. The molecule has 9 heteroatoms. The highest BCUT2D eigenvalue weighted by atomic mass is 79.9. The first-order chi connectivity index (χ1) is 18.4. The van der Waals surface area contributed by atoms with Crippen molar-refractivity contribution in [2.24, 2.45) is 0 Å². The molecule has 4 rings (SSSR count). The number of phenolic OH excluding ortho intramolecular Hbond substituents is 1. The fourth-order valence-corrected chi connectivity index (χ4v) is 5.78. The molecule has 196 valence electrons. The molecule has 1 N–H and O–H groups in total. The van der Waals surface area contributed by atoms with Crippen LogP contribution in [0.3, 0.4) is 0 Å². The molecule has 3 aromatic carbocycles. The number of carbonyl (C=O) groups excluding carboxylic acids is 2. The summed E-state index contributed by atoms with van der Waals surface area (Å²) in [4.78, 5) is 27.5. The molecular weight excluding hydrogens is 570 g/mol. The molecule has 0 saturated heterocycles. The highest BCUT2D eigenvalue weighted by Crippen LogP contribution is 2.47. The summed E-state index contributed by atoms with van der Waals surface area (Å²) in [5, 5.41) is 9.82. The molecule has 0 radical (unpaired) electrons. The number of anilines is 2. The van der Waals surface area contributed by atoms with Gasteiger partial charge >= 0.3 is 11.9 Å². The summed E-state index contributed by atoms with van der Waals surface area (Å²) < 4.78 is 16.1. The van der Waals surface area contributed by atoms with E-state index >= 15 is 0 Å². The highest BCUT2D eigenvalue weighted by Gasteiger charge is 2.26. The molecule has 1 heterocycles. The molecule has 0 aliphatic heterocycles. The van der Waals surface area contributed by atoms with Crippen LogP contribution >= 0.6 is 27.3 Å². The maximum absolute atomic E-state index is 12.5. The second kappa shape index (κ2) is 12.6. The lowest BCUT2D eigenvalue weighted by molar-refractivity contribution is -0.145. The van der Waals surface area contributed by atoms with E-state index in [0.29, 0.717) is 11.0 Å². The number of thiophene rings is 1. The lowest BCUT2D eigenvalue weighted by Gasteiger charge is -2.26. The number of halogens is 1. The molecular formula is C29H26BrNO6S. The lowest BCUT2D eigenvalue weighted by atomic mass is 10.1. The predicted octanol–water partition coefficient (Wildman–Crippen LogP) is 6.95. The largest absolute Gasteiger partial charge is 0.508 e. The number of nitrogens with zero attached hydrogens (tertiary/aromatic N) is 1. The number of hydrogen-bond donors (Lipinski definition) is 1. The molecule has 0 amide bonds. The van der Waals surface area contributed by atoms with Crippen molar-refractivity contribution < 1.29 is 28.9 Å². The van der Waals surface area contributed by atoms with Crippen molar-refractivity contribution in [3.05, 3.63) is 93.8 Å². The Balaban J connectivity index is 1.74. The van der Waals surface area contributed by atoms with E-state index < -0.39 is 11.9 Å². The van der Waals surface area contributed by atoms with Gasteiger partial charge in [0, 0.05) is 17.9 Å². The summed E-state index contributed by atoms with van der Waals surface area (Å²) in [6.45, 7) is 2.21. The number of hydrogen-bond acceptors (Lipinski definition) is 8. The number of esters is 2. The van der Waals surface area contributed by atoms with Crippen LogP contribution in [0.2, 0.25) is 0 Å². The van der Waals surface area contributed by atoms with Crippen LogP contribution in [-0.4, -0.2) is 37.4 Å². The second-order valence-corrected chi connectivity index (χ2v) is 9.94. The fraction of sp³-hybridized carbons (Fsp3) is 0.172. The topological polar surface area (TPSA) is 85.3 Å². The summed E-state index contributed by atoms with van der Waals surface area (Å²) >= 11 is 4.79. The summed E-state index contributed by atoms with van der Waals surface area (Å²) in [7, 11) is 1.30. The van der Waals surface area contributed by atoms with E-state index in [1.165, 1.54) is 18.4 Å². The van der Waals surface area contributed by atoms with Gasteiger partial charge in [-0.05, 0) is 70.4 Å². The van der Waals surface area contributed by atoms with Crippen molar-refractivity contribution in [1.29, 1.82) is 0 Å². The molecule has 0 bridgehead atoms. The zero-order valence-corrected chi connectivity index (χ0v) is 23.3. The monoisotopic (exact) mass is 595 g/mol. The number of ether oxygens (including phenoxy) is 3. The summed E-state index contributed by atoms with van der Waals surface area (Å²) in [6, 6.07) is 25.0. The maximum Gasteiger partial charge on any atom is 0.351 e. The normalized spacial score (nSPS) is 10.6. The van der Waals surface area contributed by atoms with Gasteiger partial charge in [0.2, 0.25) is 0 Å². The molecule has 0 spiro atoms. The van der Waals surface area contributed by atoms with Gasteiger partial charge in [0.25, 0.3) is 0 Å². The minimum absolute atomic E-state index is 0.190. The number of carbonyl (C=O) groups is 2. The summed E-state index contributed by atoms with van der Waals surface area (Å²) in [6.07, 6.45) is 0. The molecule has 0 fully saturated rings. The molecule has 7 nitrogen and oxygen atoms in total. The predicted molar refractivity (Wildman–Crippen MR) is 151 cm³/mol. The Kier molecular flexibility index (Phi) is 9.04.